The summed E-state index contributed by atoms with van der Waals surface area (Å²) in [6, 6.07) is 11.6. The predicted octanol–water partition coefficient (Wildman–Crippen LogP) is 4.55. The third kappa shape index (κ3) is 4.42. The molecular weight excluding hydrogens is 295 g/mol. The van der Waals surface area contributed by atoms with Gasteiger partial charge in [-0.05, 0) is 54.3 Å². The second kappa shape index (κ2) is 7.58. The van der Waals surface area contributed by atoms with E-state index in [1.165, 1.54) is 12.1 Å². The normalized spacial score (nSPS) is 11.3. The van der Waals surface area contributed by atoms with Gasteiger partial charge in [-0.25, -0.2) is 9.18 Å². The molecule has 0 saturated heterocycles. The average Bonchev–Trinajstić information content (AvgIpc) is 2.53. The summed E-state index contributed by atoms with van der Waals surface area (Å²) in [5.41, 5.74) is 1.54. The second-order valence-electron chi connectivity index (χ2n) is 5.25. The summed E-state index contributed by atoms with van der Waals surface area (Å²) in [4.78, 5) is 11.5. The van der Waals surface area contributed by atoms with Crippen molar-refractivity contribution in [1.29, 1.82) is 0 Å². The summed E-state index contributed by atoms with van der Waals surface area (Å²) in [6.07, 6.45) is 2.41. The maximum absolute atomic E-state index is 13.7. The van der Waals surface area contributed by atoms with Gasteiger partial charge in [0.25, 0.3) is 0 Å². The highest BCUT2D eigenvalue weighted by molar-refractivity contribution is 6.20. The van der Waals surface area contributed by atoms with Crippen molar-refractivity contribution in [2.24, 2.45) is 0 Å². The van der Waals surface area contributed by atoms with Crippen LogP contribution in [0.15, 0.2) is 42.5 Å². The molecule has 2 aromatic carbocycles. The van der Waals surface area contributed by atoms with E-state index >= 15 is 0 Å². The number of aryl methyl sites for hydroxylation is 1. The molecule has 0 unspecified atom stereocenters. The first kappa shape index (κ1) is 16.7. The Labute approximate surface area is 135 Å². The number of aliphatic carboxylic acids is 1. The summed E-state index contributed by atoms with van der Waals surface area (Å²) in [5.74, 6) is -0.844. The lowest BCUT2D eigenvalue weighted by Crippen LogP contribution is -2.01. The highest BCUT2D eigenvalue weighted by Gasteiger charge is 2.12. The predicted molar refractivity (Wildman–Crippen MR) is 88.9 cm³/mol. The van der Waals surface area contributed by atoms with Crippen molar-refractivity contribution in [3.63, 3.8) is 0 Å². The van der Waals surface area contributed by atoms with Gasteiger partial charge in [0.2, 0.25) is 0 Å². The fourth-order valence-electron chi connectivity index (χ4n) is 2.11. The number of carbonyl (C=O) groups is 1. The minimum atomic E-state index is -1.10. The summed E-state index contributed by atoms with van der Waals surface area (Å²) in [7, 11) is 0. The van der Waals surface area contributed by atoms with Gasteiger partial charge in [0.1, 0.15) is 11.6 Å². The molecule has 0 bridgehead atoms. The van der Waals surface area contributed by atoms with E-state index in [0.717, 1.165) is 6.42 Å². The van der Waals surface area contributed by atoms with E-state index in [0.29, 0.717) is 29.0 Å². The summed E-state index contributed by atoms with van der Waals surface area (Å²) in [6.45, 7) is 4.25. The number of carboxylic acids is 1. The minimum Gasteiger partial charge on any atom is -0.494 e. The number of ether oxygens (including phenoxy) is 1. The van der Waals surface area contributed by atoms with Crippen LogP contribution < -0.4 is 4.74 Å². The van der Waals surface area contributed by atoms with Crippen LogP contribution in [0.4, 0.5) is 4.39 Å². The van der Waals surface area contributed by atoms with Gasteiger partial charge in [-0.15, -0.1) is 0 Å². The third-order valence-electron chi connectivity index (χ3n) is 3.36. The van der Waals surface area contributed by atoms with Gasteiger partial charge in [0.15, 0.2) is 0 Å². The molecule has 0 fully saturated rings. The van der Waals surface area contributed by atoms with Crippen LogP contribution in [-0.4, -0.2) is 17.7 Å². The zero-order valence-electron chi connectivity index (χ0n) is 13.2. The Bertz CT molecular complexity index is 735. The molecule has 2 aromatic rings. The van der Waals surface area contributed by atoms with Gasteiger partial charge in [-0.1, -0.05) is 31.2 Å². The maximum atomic E-state index is 13.7. The van der Waals surface area contributed by atoms with Crippen LogP contribution in [0.5, 0.6) is 5.75 Å². The van der Waals surface area contributed by atoms with Gasteiger partial charge < -0.3 is 9.84 Å². The van der Waals surface area contributed by atoms with Crippen molar-refractivity contribution in [3.8, 4) is 5.75 Å². The lowest BCUT2D eigenvalue weighted by Gasteiger charge is -2.07. The van der Waals surface area contributed by atoms with Gasteiger partial charge in [0.05, 0.1) is 12.2 Å². The van der Waals surface area contributed by atoms with Crippen LogP contribution in [0.25, 0.3) is 11.6 Å². The number of rotatable bonds is 6. The van der Waals surface area contributed by atoms with Gasteiger partial charge in [-0.3, -0.25) is 0 Å². The third-order valence-corrected chi connectivity index (χ3v) is 3.36. The van der Waals surface area contributed by atoms with Crippen molar-refractivity contribution in [2.45, 2.75) is 20.3 Å². The van der Waals surface area contributed by atoms with Crippen LogP contribution in [0.2, 0.25) is 0 Å². The fraction of sp³-hybridized carbons (Fsp3) is 0.211. The quantitative estimate of drug-likeness (QED) is 0.628. The minimum absolute atomic E-state index is 0.0385. The number of halogens is 1. The molecule has 23 heavy (non-hydrogen) atoms. The average molecular weight is 314 g/mol. The molecule has 0 aliphatic heterocycles. The molecule has 1 N–H and O–H groups in total. The Morgan fingerprint density at radius 1 is 1.26 bits per heavy atom. The molecule has 3 nitrogen and oxygen atoms in total. The van der Waals surface area contributed by atoms with Crippen LogP contribution >= 0.6 is 0 Å². The van der Waals surface area contributed by atoms with Crippen molar-refractivity contribution in [2.75, 3.05) is 6.61 Å². The van der Waals surface area contributed by atoms with E-state index in [2.05, 4.69) is 0 Å². The lowest BCUT2D eigenvalue weighted by atomic mass is 10.0. The lowest BCUT2D eigenvalue weighted by molar-refractivity contribution is -0.130. The molecule has 0 radical (unpaired) electrons. The second-order valence-corrected chi connectivity index (χ2v) is 5.25. The molecule has 0 amide bonds. The van der Waals surface area contributed by atoms with Crippen molar-refractivity contribution in [1.82, 2.24) is 0 Å². The molecule has 0 saturated carbocycles. The molecule has 0 atom stereocenters. The summed E-state index contributed by atoms with van der Waals surface area (Å²) < 4.78 is 19.2. The van der Waals surface area contributed by atoms with E-state index in [9.17, 15) is 14.3 Å². The van der Waals surface area contributed by atoms with Gasteiger partial charge in [-0.2, -0.15) is 0 Å². The molecule has 0 spiro atoms. The summed E-state index contributed by atoms with van der Waals surface area (Å²) in [5, 5.41) is 9.44. The van der Waals surface area contributed by atoms with E-state index in [4.69, 9.17) is 4.74 Å². The summed E-state index contributed by atoms with van der Waals surface area (Å²) >= 11 is 0. The standard InChI is InChI=1S/C19H19FO3/c1-3-9-23-16-6-4-5-14(10-16)11-17(19(21)22)15-8-7-13(2)18(20)12-15/h4-8,10-12H,3,9H2,1-2H3,(H,21,22)/b17-11-. The maximum Gasteiger partial charge on any atom is 0.336 e. The number of carboxylic acid groups (broad SMARTS) is 1. The van der Waals surface area contributed by atoms with E-state index in [1.807, 2.05) is 13.0 Å². The Balaban J connectivity index is 2.39. The number of benzene rings is 2. The molecule has 0 heterocycles. The Morgan fingerprint density at radius 3 is 2.70 bits per heavy atom. The highest BCUT2D eigenvalue weighted by atomic mass is 19.1. The Hall–Kier alpha value is -2.62. The molecule has 120 valence electrons. The molecule has 0 aliphatic rings. The smallest absolute Gasteiger partial charge is 0.336 e. The SMILES string of the molecule is CCCOc1cccc(/C=C(\C(=O)O)c2ccc(C)c(F)c2)c1. The molecule has 0 aliphatic carbocycles. The number of hydrogen-bond donors (Lipinski definition) is 1. The van der Waals surface area contributed by atoms with Crippen molar-refractivity contribution in [3.05, 3.63) is 65.0 Å². The Morgan fingerprint density at radius 2 is 2.04 bits per heavy atom. The molecule has 4 heteroatoms. The fourth-order valence-corrected chi connectivity index (χ4v) is 2.11. The van der Waals surface area contributed by atoms with Crippen LogP contribution in [0.1, 0.15) is 30.0 Å². The van der Waals surface area contributed by atoms with Crippen LogP contribution in [0.3, 0.4) is 0 Å². The molecule has 2 rings (SSSR count). The zero-order chi connectivity index (χ0) is 16.8. The molecule has 0 aromatic heterocycles. The van der Waals surface area contributed by atoms with Crippen LogP contribution in [-0.2, 0) is 4.79 Å². The first-order chi connectivity index (χ1) is 11.0. The van der Waals surface area contributed by atoms with E-state index < -0.39 is 11.8 Å². The molecular formula is C19H19FO3. The highest BCUT2D eigenvalue weighted by Crippen LogP contribution is 2.23. The Kier molecular flexibility index (Phi) is 5.52. The van der Waals surface area contributed by atoms with E-state index in [-0.39, 0.29) is 5.57 Å². The van der Waals surface area contributed by atoms with E-state index in [1.54, 1.807) is 37.3 Å². The van der Waals surface area contributed by atoms with Crippen molar-refractivity contribution >= 4 is 17.6 Å². The zero-order valence-corrected chi connectivity index (χ0v) is 13.2. The first-order valence-corrected chi connectivity index (χ1v) is 7.45. The number of hydrogen-bond acceptors (Lipinski definition) is 2. The first-order valence-electron chi connectivity index (χ1n) is 7.45. The topological polar surface area (TPSA) is 46.5 Å². The van der Waals surface area contributed by atoms with Gasteiger partial charge >= 0.3 is 5.97 Å². The van der Waals surface area contributed by atoms with Gasteiger partial charge in [0, 0.05) is 0 Å². The van der Waals surface area contributed by atoms with Crippen LogP contribution in [0, 0.1) is 12.7 Å². The van der Waals surface area contributed by atoms with Crippen molar-refractivity contribution < 1.29 is 19.0 Å². The largest absolute Gasteiger partial charge is 0.494 e. The monoisotopic (exact) mass is 314 g/mol.